The number of nitrogens with one attached hydrogen (secondary N) is 1. The highest BCUT2D eigenvalue weighted by Crippen LogP contribution is 2.38. The first kappa shape index (κ1) is 22.0. The molecule has 1 aromatic heterocycles. The number of alkyl halides is 3. The molecule has 8 nitrogen and oxygen atoms in total. The Morgan fingerprint density at radius 3 is 2.47 bits per heavy atom. The zero-order chi connectivity index (χ0) is 21.6. The van der Waals surface area contributed by atoms with Crippen LogP contribution in [-0.2, 0) is 32.7 Å². The quantitative estimate of drug-likeness (QED) is 0.746. The second-order valence-corrected chi connectivity index (χ2v) is 10.2. The number of aromatic nitrogens is 2. The molecule has 0 radical (unpaired) electrons. The maximum absolute atomic E-state index is 12.9. The van der Waals surface area contributed by atoms with Crippen LogP contribution in [0.25, 0.3) is 0 Å². The second kappa shape index (κ2) is 8.05. The van der Waals surface area contributed by atoms with E-state index in [1.165, 1.54) is 11.4 Å². The van der Waals surface area contributed by atoms with Crippen LogP contribution in [0, 0.1) is 0 Å². The number of nitrogens with zero attached hydrogens (tertiary/aromatic N) is 3. The molecule has 0 bridgehead atoms. The summed E-state index contributed by atoms with van der Waals surface area (Å²) in [5.41, 5.74) is -1.59. The number of rotatable bonds is 4. The van der Waals surface area contributed by atoms with Gasteiger partial charge in [-0.2, -0.15) is 22.6 Å². The van der Waals surface area contributed by atoms with Crippen molar-refractivity contribution < 1.29 is 31.1 Å². The number of hydrogen-bond donors (Lipinski definition) is 1. The lowest BCUT2D eigenvalue weighted by Crippen LogP contribution is -2.47. The van der Waals surface area contributed by atoms with Gasteiger partial charge in [-0.1, -0.05) is 0 Å². The molecule has 1 atom stereocenters. The Bertz CT molecular complexity index is 859. The van der Waals surface area contributed by atoms with Crippen molar-refractivity contribution in [2.75, 3.05) is 32.9 Å². The standard InChI is InChI=1S/C18H27F3N4O4S/c1-24-16(10-15(23-24)18(19,20)21)30(26,27)25-6-4-17(5-7-25)11-14(12-29-17)22-13-2-8-28-9-3-13/h10,13-14,22H,2-9,11-12H2,1H3. The summed E-state index contributed by atoms with van der Waals surface area (Å²) in [5.74, 6) is 0. The van der Waals surface area contributed by atoms with Crippen LogP contribution in [0.1, 0.15) is 37.8 Å². The molecule has 1 aromatic rings. The van der Waals surface area contributed by atoms with Gasteiger partial charge >= 0.3 is 6.18 Å². The average molecular weight is 452 g/mol. The lowest BCUT2D eigenvalue weighted by atomic mass is 9.88. The highest BCUT2D eigenvalue weighted by Gasteiger charge is 2.46. The Labute approximate surface area is 173 Å². The fraction of sp³-hybridized carbons (Fsp3) is 0.833. The topological polar surface area (TPSA) is 85.7 Å². The van der Waals surface area contributed by atoms with Crippen LogP contribution < -0.4 is 5.32 Å². The molecule has 1 unspecified atom stereocenters. The number of sulfonamides is 1. The number of hydrogen-bond acceptors (Lipinski definition) is 6. The largest absolute Gasteiger partial charge is 0.435 e. The van der Waals surface area contributed by atoms with Crippen molar-refractivity contribution >= 4 is 10.0 Å². The van der Waals surface area contributed by atoms with Crippen molar-refractivity contribution in [3.8, 4) is 0 Å². The van der Waals surface area contributed by atoms with Crippen LogP contribution in [0.3, 0.4) is 0 Å². The van der Waals surface area contributed by atoms with E-state index < -0.39 is 26.9 Å². The van der Waals surface area contributed by atoms with Crippen molar-refractivity contribution in [3.63, 3.8) is 0 Å². The lowest BCUT2D eigenvalue weighted by Gasteiger charge is -2.38. The highest BCUT2D eigenvalue weighted by atomic mass is 32.2. The van der Waals surface area contributed by atoms with Crippen LogP contribution in [0.2, 0.25) is 0 Å². The zero-order valence-electron chi connectivity index (χ0n) is 16.8. The maximum Gasteiger partial charge on any atom is 0.435 e. The van der Waals surface area contributed by atoms with Crippen LogP contribution in [0.15, 0.2) is 11.1 Å². The smallest absolute Gasteiger partial charge is 0.381 e. The first-order valence-corrected chi connectivity index (χ1v) is 11.6. The third kappa shape index (κ3) is 4.38. The third-order valence-corrected chi connectivity index (χ3v) is 8.22. The molecule has 0 saturated carbocycles. The normalized spacial score (nSPS) is 26.5. The van der Waals surface area contributed by atoms with Gasteiger partial charge in [0.2, 0.25) is 0 Å². The molecule has 4 rings (SSSR count). The van der Waals surface area contributed by atoms with Crippen LogP contribution >= 0.6 is 0 Å². The summed E-state index contributed by atoms with van der Waals surface area (Å²) in [5, 5.41) is 6.50. The summed E-state index contributed by atoms with van der Waals surface area (Å²) in [7, 11) is -2.86. The third-order valence-electron chi connectivity index (χ3n) is 6.27. The molecule has 30 heavy (non-hydrogen) atoms. The number of aryl methyl sites for hydroxylation is 1. The summed E-state index contributed by atoms with van der Waals surface area (Å²) < 4.78 is 78.0. The van der Waals surface area contributed by atoms with Crippen molar-refractivity contribution in [1.82, 2.24) is 19.4 Å². The minimum absolute atomic E-state index is 0.207. The fourth-order valence-electron chi connectivity index (χ4n) is 4.59. The number of ether oxygens (including phenoxy) is 2. The SMILES string of the molecule is Cn1nc(C(F)(F)F)cc1S(=O)(=O)N1CCC2(CC1)CC(NC1CCOCC1)CO2. The van der Waals surface area contributed by atoms with Gasteiger partial charge in [0, 0.05) is 51.5 Å². The van der Waals surface area contributed by atoms with Crippen molar-refractivity contribution in [1.29, 1.82) is 0 Å². The van der Waals surface area contributed by atoms with Crippen LogP contribution in [-0.4, -0.2) is 73.1 Å². The molecule has 3 saturated heterocycles. The molecule has 3 fully saturated rings. The van der Waals surface area contributed by atoms with E-state index in [-0.39, 0.29) is 24.7 Å². The Morgan fingerprint density at radius 2 is 1.87 bits per heavy atom. The lowest BCUT2D eigenvalue weighted by molar-refractivity contribution is -0.141. The van der Waals surface area contributed by atoms with E-state index >= 15 is 0 Å². The molecule has 170 valence electrons. The first-order valence-electron chi connectivity index (χ1n) is 10.2. The van der Waals surface area contributed by atoms with Crippen LogP contribution in [0.4, 0.5) is 13.2 Å². The second-order valence-electron chi connectivity index (χ2n) is 8.34. The molecule has 0 aromatic carbocycles. The van der Waals surface area contributed by atoms with Gasteiger partial charge in [-0.3, -0.25) is 4.68 Å². The summed E-state index contributed by atoms with van der Waals surface area (Å²) in [6.45, 7) is 2.51. The van der Waals surface area contributed by atoms with Gasteiger partial charge in [-0.25, -0.2) is 8.42 Å². The predicted molar refractivity (Wildman–Crippen MR) is 100 cm³/mol. The molecular weight excluding hydrogens is 425 g/mol. The molecule has 1 N–H and O–H groups in total. The number of halogens is 3. The first-order chi connectivity index (χ1) is 14.1. The molecule has 1 spiro atoms. The molecule has 12 heteroatoms. The minimum Gasteiger partial charge on any atom is -0.381 e. The van der Waals surface area contributed by atoms with E-state index in [4.69, 9.17) is 9.47 Å². The monoisotopic (exact) mass is 452 g/mol. The van der Waals surface area contributed by atoms with Gasteiger partial charge < -0.3 is 14.8 Å². The molecule has 3 aliphatic rings. The van der Waals surface area contributed by atoms with Crippen molar-refractivity contribution in [2.45, 2.75) is 61.0 Å². The van der Waals surface area contributed by atoms with E-state index in [1.807, 2.05) is 0 Å². The fourth-order valence-corrected chi connectivity index (χ4v) is 6.16. The van der Waals surface area contributed by atoms with E-state index in [0.717, 1.165) is 37.2 Å². The van der Waals surface area contributed by atoms with E-state index in [9.17, 15) is 21.6 Å². The summed E-state index contributed by atoms with van der Waals surface area (Å²) in [6.07, 6.45) is -0.908. The van der Waals surface area contributed by atoms with E-state index in [2.05, 4.69) is 10.4 Å². The number of piperidine rings is 1. The van der Waals surface area contributed by atoms with Gasteiger partial charge in [0.25, 0.3) is 10.0 Å². The average Bonchev–Trinajstić information content (AvgIpc) is 3.27. The molecule has 3 aliphatic heterocycles. The minimum atomic E-state index is -4.69. The van der Waals surface area contributed by atoms with Crippen LogP contribution in [0.5, 0.6) is 0 Å². The zero-order valence-corrected chi connectivity index (χ0v) is 17.6. The highest BCUT2D eigenvalue weighted by molar-refractivity contribution is 7.89. The summed E-state index contributed by atoms with van der Waals surface area (Å²) in [4.78, 5) is 0. The Morgan fingerprint density at radius 1 is 1.20 bits per heavy atom. The van der Waals surface area contributed by atoms with E-state index in [1.54, 1.807) is 0 Å². The van der Waals surface area contributed by atoms with Gasteiger partial charge in [0.1, 0.15) is 0 Å². The molecule has 4 heterocycles. The molecule has 0 amide bonds. The Balaban J connectivity index is 1.38. The predicted octanol–water partition coefficient (Wildman–Crippen LogP) is 1.52. The maximum atomic E-state index is 12.9. The molecule has 0 aliphatic carbocycles. The van der Waals surface area contributed by atoms with Gasteiger partial charge in [-0.05, 0) is 32.1 Å². The molecular formula is C18H27F3N4O4S. The van der Waals surface area contributed by atoms with Gasteiger partial charge in [0.15, 0.2) is 10.7 Å². The van der Waals surface area contributed by atoms with Gasteiger partial charge in [-0.15, -0.1) is 0 Å². The van der Waals surface area contributed by atoms with Gasteiger partial charge in [0.05, 0.1) is 12.2 Å². The van der Waals surface area contributed by atoms with E-state index in [0.29, 0.717) is 31.6 Å². The Hall–Kier alpha value is -1.21. The Kier molecular flexibility index (Phi) is 5.90. The summed E-state index contributed by atoms with van der Waals surface area (Å²) in [6, 6.07) is 1.23. The van der Waals surface area contributed by atoms with Crippen molar-refractivity contribution in [3.05, 3.63) is 11.8 Å². The summed E-state index contributed by atoms with van der Waals surface area (Å²) >= 11 is 0. The van der Waals surface area contributed by atoms with Crippen molar-refractivity contribution in [2.24, 2.45) is 7.05 Å².